The van der Waals surface area contributed by atoms with E-state index in [-0.39, 0.29) is 0 Å². The van der Waals surface area contributed by atoms with Gasteiger partial charge in [0.1, 0.15) is 5.82 Å². The summed E-state index contributed by atoms with van der Waals surface area (Å²) in [6, 6.07) is 14.2. The van der Waals surface area contributed by atoms with E-state index in [1.807, 2.05) is 36.5 Å². The molecule has 0 bridgehead atoms. The van der Waals surface area contributed by atoms with Crippen molar-refractivity contribution in [2.75, 3.05) is 0 Å². The molecule has 3 aromatic rings. The number of H-pyrrole nitrogens is 1. The van der Waals surface area contributed by atoms with Gasteiger partial charge in [0.15, 0.2) is 0 Å². The van der Waals surface area contributed by atoms with E-state index in [1.54, 1.807) is 0 Å². The molecule has 0 aliphatic carbocycles. The first-order valence-corrected chi connectivity index (χ1v) is 6.25. The van der Waals surface area contributed by atoms with Crippen molar-refractivity contribution in [3.8, 4) is 0 Å². The molecule has 0 atom stereocenters. The first-order valence-electron chi connectivity index (χ1n) is 6.25. The molecule has 0 radical (unpaired) electrons. The Balaban J connectivity index is 1.63. The summed E-state index contributed by atoms with van der Waals surface area (Å²) in [4.78, 5) is 12.2. The lowest BCUT2D eigenvalue weighted by Crippen LogP contribution is -1.93. The average Bonchev–Trinajstić information content (AvgIpc) is 2.82. The van der Waals surface area contributed by atoms with Gasteiger partial charge in [0, 0.05) is 18.3 Å². The Kier molecular flexibility index (Phi) is 3.05. The predicted octanol–water partition coefficient (Wildman–Crippen LogP) is 3.13. The molecule has 1 aromatic carbocycles. The largest absolute Gasteiger partial charge is 0.342 e. The second-order valence-corrected chi connectivity index (χ2v) is 4.38. The fourth-order valence-electron chi connectivity index (χ4n) is 2.11. The Morgan fingerprint density at radius 2 is 1.83 bits per heavy atom. The van der Waals surface area contributed by atoms with Crippen LogP contribution in [0.1, 0.15) is 17.9 Å². The monoisotopic (exact) mass is 237 g/mol. The maximum absolute atomic E-state index is 4.57. The van der Waals surface area contributed by atoms with Crippen LogP contribution in [0, 0.1) is 0 Å². The fourth-order valence-corrected chi connectivity index (χ4v) is 2.11. The number of imidazole rings is 1. The summed E-state index contributed by atoms with van der Waals surface area (Å²) in [5.74, 6) is 1.06. The van der Waals surface area contributed by atoms with Gasteiger partial charge in [-0.05, 0) is 37.1 Å². The van der Waals surface area contributed by atoms with Crippen LogP contribution in [-0.2, 0) is 12.8 Å². The summed E-state index contributed by atoms with van der Waals surface area (Å²) >= 11 is 0. The van der Waals surface area contributed by atoms with Crippen molar-refractivity contribution in [3.63, 3.8) is 0 Å². The highest BCUT2D eigenvalue weighted by Gasteiger charge is 2.02. The van der Waals surface area contributed by atoms with Crippen molar-refractivity contribution in [1.82, 2.24) is 15.0 Å². The van der Waals surface area contributed by atoms with Crippen molar-refractivity contribution in [2.24, 2.45) is 0 Å². The molecular formula is C15H15N3. The van der Waals surface area contributed by atoms with Crippen LogP contribution in [0.5, 0.6) is 0 Å². The third kappa shape index (κ3) is 2.40. The van der Waals surface area contributed by atoms with Gasteiger partial charge < -0.3 is 4.98 Å². The lowest BCUT2D eigenvalue weighted by Gasteiger charge is -1.98. The van der Waals surface area contributed by atoms with Gasteiger partial charge in [0.05, 0.1) is 11.0 Å². The smallest absolute Gasteiger partial charge is 0.107 e. The van der Waals surface area contributed by atoms with Gasteiger partial charge in [0.25, 0.3) is 0 Å². The van der Waals surface area contributed by atoms with Crippen molar-refractivity contribution in [3.05, 3.63) is 60.2 Å². The van der Waals surface area contributed by atoms with Crippen molar-refractivity contribution in [1.29, 1.82) is 0 Å². The molecule has 1 N–H and O–H groups in total. The number of fused-ring (bicyclic) bond motifs is 1. The predicted molar refractivity (Wildman–Crippen MR) is 72.4 cm³/mol. The molecule has 3 heteroatoms. The number of pyridine rings is 1. The second-order valence-electron chi connectivity index (χ2n) is 4.38. The molecular weight excluding hydrogens is 222 g/mol. The molecule has 0 spiro atoms. The number of aryl methyl sites for hydroxylation is 2. The normalized spacial score (nSPS) is 10.9. The van der Waals surface area contributed by atoms with Crippen LogP contribution in [0.3, 0.4) is 0 Å². The van der Waals surface area contributed by atoms with Crippen LogP contribution in [0.15, 0.2) is 48.7 Å². The van der Waals surface area contributed by atoms with Crippen LogP contribution < -0.4 is 0 Å². The van der Waals surface area contributed by atoms with E-state index in [0.29, 0.717) is 0 Å². The molecule has 0 aliphatic rings. The minimum Gasteiger partial charge on any atom is -0.342 e. The van der Waals surface area contributed by atoms with Crippen molar-refractivity contribution >= 4 is 11.0 Å². The quantitative estimate of drug-likeness (QED) is 0.757. The van der Waals surface area contributed by atoms with Crippen LogP contribution in [0.25, 0.3) is 11.0 Å². The van der Waals surface area contributed by atoms with Gasteiger partial charge in [-0.1, -0.05) is 18.2 Å². The highest BCUT2D eigenvalue weighted by molar-refractivity contribution is 5.74. The van der Waals surface area contributed by atoms with Gasteiger partial charge in [-0.2, -0.15) is 0 Å². The van der Waals surface area contributed by atoms with E-state index >= 15 is 0 Å². The number of aromatic nitrogens is 3. The van der Waals surface area contributed by atoms with Crippen LogP contribution in [0.4, 0.5) is 0 Å². The Hall–Kier alpha value is -2.16. The molecule has 0 unspecified atom stereocenters. The summed E-state index contributed by atoms with van der Waals surface area (Å²) in [5.41, 5.74) is 3.31. The average molecular weight is 237 g/mol. The molecule has 0 aliphatic heterocycles. The number of nitrogens with one attached hydrogen (secondary N) is 1. The SMILES string of the molecule is c1ccc(CCCc2nc3ccccc3[nH]2)nc1. The van der Waals surface area contributed by atoms with Crippen LogP contribution in [-0.4, -0.2) is 15.0 Å². The highest BCUT2D eigenvalue weighted by Crippen LogP contribution is 2.12. The molecule has 3 rings (SSSR count). The lowest BCUT2D eigenvalue weighted by atomic mass is 10.2. The highest BCUT2D eigenvalue weighted by atomic mass is 14.9. The van der Waals surface area contributed by atoms with E-state index in [2.05, 4.69) is 27.1 Å². The van der Waals surface area contributed by atoms with E-state index < -0.39 is 0 Å². The number of rotatable bonds is 4. The van der Waals surface area contributed by atoms with Gasteiger partial charge in [-0.15, -0.1) is 0 Å². The number of para-hydroxylation sites is 2. The van der Waals surface area contributed by atoms with Gasteiger partial charge >= 0.3 is 0 Å². The number of aromatic amines is 1. The van der Waals surface area contributed by atoms with Gasteiger partial charge in [-0.25, -0.2) is 4.98 Å². The topological polar surface area (TPSA) is 41.6 Å². The fraction of sp³-hybridized carbons (Fsp3) is 0.200. The third-order valence-corrected chi connectivity index (χ3v) is 3.01. The first-order chi connectivity index (χ1) is 8.92. The molecule has 3 nitrogen and oxygen atoms in total. The van der Waals surface area contributed by atoms with Crippen LogP contribution >= 0.6 is 0 Å². The zero-order valence-corrected chi connectivity index (χ0v) is 10.1. The molecule has 0 fully saturated rings. The van der Waals surface area contributed by atoms with Gasteiger partial charge in [0.2, 0.25) is 0 Å². The molecule has 90 valence electrons. The molecule has 0 amide bonds. The molecule has 0 saturated heterocycles. The maximum Gasteiger partial charge on any atom is 0.107 e. The summed E-state index contributed by atoms with van der Waals surface area (Å²) in [5, 5.41) is 0. The van der Waals surface area contributed by atoms with Gasteiger partial charge in [-0.3, -0.25) is 4.98 Å². The zero-order chi connectivity index (χ0) is 12.2. The standard InChI is InChI=1S/C15H15N3/c1-2-9-14-13(8-1)17-15(18-14)10-5-7-12-6-3-4-11-16-12/h1-4,6,8-9,11H,5,7,10H2,(H,17,18). The van der Waals surface area contributed by atoms with E-state index in [1.165, 1.54) is 0 Å². The minimum absolute atomic E-state index is 0.964. The van der Waals surface area contributed by atoms with E-state index in [4.69, 9.17) is 0 Å². The number of hydrogen-bond donors (Lipinski definition) is 1. The zero-order valence-electron chi connectivity index (χ0n) is 10.1. The maximum atomic E-state index is 4.57. The molecule has 2 aromatic heterocycles. The van der Waals surface area contributed by atoms with Crippen LogP contribution in [0.2, 0.25) is 0 Å². The molecule has 2 heterocycles. The Morgan fingerprint density at radius 3 is 2.67 bits per heavy atom. The minimum atomic E-state index is 0.964. The second kappa shape index (κ2) is 5.00. The molecule has 0 saturated carbocycles. The Bertz CT molecular complexity index is 595. The third-order valence-electron chi connectivity index (χ3n) is 3.01. The summed E-state index contributed by atoms with van der Waals surface area (Å²) in [6.45, 7) is 0. The summed E-state index contributed by atoms with van der Waals surface area (Å²) in [7, 11) is 0. The number of benzene rings is 1. The lowest BCUT2D eigenvalue weighted by molar-refractivity contribution is 0.770. The van der Waals surface area contributed by atoms with Crippen molar-refractivity contribution < 1.29 is 0 Å². The summed E-state index contributed by atoms with van der Waals surface area (Å²) in [6.07, 6.45) is 4.87. The Labute approximate surface area is 106 Å². The van der Waals surface area contributed by atoms with E-state index in [9.17, 15) is 0 Å². The first kappa shape index (κ1) is 11.0. The number of nitrogens with zero attached hydrogens (tertiary/aromatic N) is 2. The molecule has 18 heavy (non-hydrogen) atoms. The summed E-state index contributed by atoms with van der Waals surface area (Å²) < 4.78 is 0. The Morgan fingerprint density at radius 1 is 0.944 bits per heavy atom. The number of hydrogen-bond acceptors (Lipinski definition) is 2. The van der Waals surface area contributed by atoms with E-state index in [0.717, 1.165) is 41.8 Å². The van der Waals surface area contributed by atoms with Crippen molar-refractivity contribution in [2.45, 2.75) is 19.3 Å².